The second-order valence-electron chi connectivity index (χ2n) is 9.18. The first kappa shape index (κ1) is 25.7. The molecule has 1 aliphatic heterocycles. The van der Waals surface area contributed by atoms with Gasteiger partial charge in [0.1, 0.15) is 0 Å². The molecule has 0 amide bonds. The molecule has 0 N–H and O–H groups in total. The zero-order valence-electron chi connectivity index (χ0n) is 18.3. The molecular formula is C23H36Cl2SiZr. The van der Waals surface area contributed by atoms with Crippen LogP contribution in [0.4, 0.5) is 0 Å². The predicted octanol–water partition coefficient (Wildman–Crippen LogP) is 1.52. The van der Waals surface area contributed by atoms with Crippen LogP contribution in [0.15, 0.2) is 40.1 Å². The molecule has 27 heavy (non-hydrogen) atoms. The Hall–Kier alpha value is 0.640. The fourth-order valence-electron chi connectivity index (χ4n) is 5.14. The van der Waals surface area contributed by atoms with Gasteiger partial charge in [-0.05, 0) is 0 Å². The largest absolute Gasteiger partial charge is 1.00 e. The standard InChI is InChI=1S/C13H21Si.C10H15.2ClH.Zr/c1-3-4-8-14(9-5-10-14)13-7-6-12(2)11-13;1-7-6-10(4,5)9(3)8(7)2;;;/h6H,3-5,7-10H2,1-2H3;1-5H3;2*1H;/q;;;;+2/p-2. The molecule has 3 rings (SSSR count). The summed E-state index contributed by atoms with van der Waals surface area (Å²) in [5, 5.41) is 2.04. The van der Waals surface area contributed by atoms with Crippen molar-refractivity contribution in [2.45, 2.75) is 92.3 Å². The van der Waals surface area contributed by atoms with Gasteiger partial charge in [0.2, 0.25) is 0 Å². The molecule has 4 heteroatoms. The van der Waals surface area contributed by atoms with Gasteiger partial charge in [0.05, 0.1) is 0 Å². The van der Waals surface area contributed by atoms with Gasteiger partial charge in [0.15, 0.2) is 0 Å². The predicted molar refractivity (Wildman–Crippen MR) is 110 cm³/mol. The van der Waals surface area contributed by atoms with Crippen molar-refractivity contribution in [3.63, 3.8) is 0 Å². The van der Waals surface area contributed by atoms with E-state index < -0.39 is 31.3 Å². The van der Waals surface area contributed by atoms with Crippen LogP contribution >= 0.6 is 0 Å². The number of rotatable bonds is 6. The second-order valence-corrected chi connectivity index (χ2v) is 16.9. The summed E-state index contributed by atoms with van der Waals surface area (Å²) in [4.78, 5) is 0. The van der Waals surface area contributed by atoms with Crippen LogP contribution in [0.25, 0.3) is 0 Å². The third-order valence-corrected chi connectivity index (χ3v) is 19.3. The zero-order chi connectivity index (χ0) is 18.4. The number of hydrogen-bond donors (Lipinski definition) is 0. The molecule has 0 aromatic heterocycles. The first-order chi connectivity index (χ1) is 11.7. The molecule has 0 saturated carbocycles. The quantitative estimate of drug-likeness (QED) is 0.484. The van der Waals surface area contributed by atoms with Gasteiger partial charge in [-0.1, -0.05) is 0 Å². The van der Waals surface area contributed by atoms with Gasteiger partial charge >= 0.3 is 169 Å². The fourth-order valence-corrected chi connectivity index (χ4v) is 16.5. The minimum atomic E-state index is -1.08. The van der Waals surface area contributed by atoms with Crippen molar-refractivity contribution in [2.24, 2.45) is 5.41 Å². The first-order valence-corrected chi connectivity index (χ1v) is 15.4. The van der Waals surface area contributed by atoms with Crippen molar-refractivity contribution < 1.29 is 48.0 Å². The van der Waals surface area contributed by atoms with Crippen molar-refractivity contribution in [1.82, 2.24) is 0 Å². The summed E-state index contributed by atoms with van der Waals surface area (Å²) in [6, 6.07) is 4.79. The van der Waals surface area contributed by atoms with Crippen LogP contribution in [0, 0.1) is 5.41 Å². The van der Waals surface area contributed by atoms with Gasteiger partial charge < -0.3 is 24.8 Å². The molecular weight excluding hydrogens is 466 g/mol. The SMILES string of the molecule is CCCC[Si]1(C2=[C]([Zr+2][C]3=C(C)C(C)=C(C)C3(C)C)C(C)=CC2)CCC1.[Cl-].[Cl-]. The minimum Gasteiger partial charge on any atom is -1.00 e. The van der Waals surface area contributed by atoms with Crippen LogP contribution in [0.5, 0.6) is 0 Å². The van der Waals surface area contributed by atoms with Crippen molar-refractivity contribution in [1.29, 1.82) is 0 Å². The molecule has 0 aromatic rings. The maximum absolute atomic E-state index is 2.59. The van der Waals surface area contributed by atoms with Crippen LogP contribution in [-0.4, -0.2) is 8.07 Å². The van der Waals surface area contributed by atoms with E-state index in [1.165, 1.54) is 25.7 Å². The van der Waals surface area contributed by atoms with E-state index in [0.29, 0.717) is 5.41 Å². The Morgan fingerprint density at radius 1 is 1.04 bits per heavy atom. The fraction of sp³-hybridized carbons (Fsp3) is 0.652. The van der Waals surface area contributed by atoms with Gasteiger partial charge in [0.25, 0.3) is 0 Å². The van der Waals surface area contributed by atoms with E-state index in [2.05, 4.69) is 54.5 Å². The number of allylic oxidation sites excluding steroid dienone is 8. The van der Waals surface area contributed by atoms with E-state index in [1.807, 2.05) is 11.8 Å². The Balaban J connectivity index is 0.00000182. The Morgan fingerprint density at radius 3 is 2.11 bits per heavy atom. The molecule has 1 saturated heterocycles. The summed E-state index contributed by atoms with van der Waals surface area (Å²) in [5.74, 6) is 0. The first-order valence-electron chi connectivity index (χ1n) is 10.3. The Kier molecular flexibility index (Phi) is 9.16. The van der Waals surface area contributed by atoms with Gasteiger partial charge in [-0.25, -0.2) is 0 Å². The van der Waals surface area contributed by atoms with Gasteiger partial charge in [0, 0.05) is 0 Å². The normalized spacial score (nSPS) is 22.9. The summed E-state index contributed by atoms with van der Waals surface area (Å²) in [6.07, 6.45) is 8.29. The Labute approximate surface area is 192 Å². The van der Waals surface area contributed by atoms with E-state index in [9.17, 15) is 0 Å². The summed E-state index contributed by atoms with van der Waals surface area (Å²) < 4.78 is 3.81. The van der Waals surface area contributed by atoms with Gasteiger partial charge in [-0.2, -0.15) is 0 Å². The molecule has 0 nitrogen and oxygen atoms in total. The monoisotopic (exact) mass is 500 g/mol. The van der Waals surface area contributed by atoms with Crippen molar-refractivity contribution in [3.05, 3.63) is 40.1 Å². The summed E-state index contributed by atoms with van der Waals surface area (Å²) in [6.45, 7) is 16.9. The minimum absolute atomic E-state index is 0. The molecule has 3 aliphatic rings. The number of hydrogen-bond acceptors (Lipinski definition) is 0. The average Bonchev–Trinajstić information content (AvgIpc) is 2.96. The smallest absolute Gasteiger partial charge is 1.00 e. The van der Waals surface area contributed by atoms with Crippen LogP contribution < -0.4 is 24.8 Å². The maximum Gasteiger partial charge on any atom is -1.00 e. The third-order valence-electron chi connectivity index (χ3n) is 7.58. The van der Waals surface area contributed by atoms with E-state index in [4.69, 9.17) is 0 Å². The molecule has 1 fully saturated rings. The molecule has 2 aliphatic carbocycles. The van der Waals surface area contributed by atoms with Gasteiger partial charge in [-0.15, -0.1) is 0 Å². The van der Waals surface area contributed by atoms with Crippen LogP contribution in [-0.2, 0) is 23.2 Å². The van der Waals surface area contributed by atoms with Crippen LogP contribution in [0.3, 0.4) is 0 Å². The van der Waals surface area contributed by atoms with E-state index in [-0.39, 0.29) is 24.8 Å². The number of unbranched alkanes of at least 4 members (excludes halogenated alkanes) is 1. The van der Waals surface area contributed by atoms with E-state index >= 15 is 0 Å². The molecule has 150 valence electrons. The zero-order valence-corrected chi connectivity index (χ0v) is 23.3. The second kappa shape index (κ2) is 9.63. The van der Waals surface area contributed by atoms with Gasteiger partial charge in [-0.3, -0.25) is 0 Å². The maximum atomic E-state index is 2.59. The molecule has 1 heterocycles. The van der Waals surface area contributed by atoms with Crippen molar-refractivity contribution in [2.75, 3.05) is 0 Å². The Morgan fingerprint density at radius 2 is 1.67 bits per heavy atom. The topological polar surface area (TPSA) is 0 Å². The van der Waals surface area contributed by atoms with E-state index in [0.717, 1.165) is 0 Å². The van der Waals surface area contributed by atoms with Crippen LogP contribution in [0.1, 0.15) is 74.1 Å². The molecule has 0 radical (unpaired) electrons. The molecule has 0 aromatic carbocycles. The van der Waals surface area contributed by atoms with E-state index in [1.54, 1.807) is 40.4 Å². The van der Waals surface area contributed by atoms with Crippen LogP contribution in [0.2, 0.25) is 18.1 Å². The van der Waals surface area contributed by atoms with Crippen molar-refractivity contribution >= 4 is 8.07 Å². The van der Waals surface area contributed by atoms with Crippen molar-refractivity contribution in [3.8, 4) is 0 Å². The summed E-state index contributed by atoms with van der Waals surface area (Å²) in [5.41, 5.74) is 6.86. The molecule has 0 spiro atoms. The Bertz CT molecular complexity index is 706. The summed E-state index contributed by atoms with van der Waals surface area (Å²) in [7, 11) is -1.08. The third kappa shape index (κ3) is 4.40. The summed E-state index contributed by atoms with van der Waals surface area (Å²) >= 11 is -0.689. The molecule has 0 unspecified atom stereocenters. The molecule has 0 atom stereocenters. The average molecular weight is 503 g/mol. The number of halogens is 2. The molecule has 0 bridgehead atoms.